The van der Waals surface area contributed by atoms with Crippen LogP contribution in [0.5, 0.6) is 0 Å². The van der Waals surface area contributed by atoms with Crippen molar-refractivity contribution >= 4 is 11.8 Å². The SMILES string of the molecule is CCCC(SC)[NH+](C)C. The summed E-state index contributed by atoms with van der Waals surface area (Å²) in [5.41, 5.74) is 0. The van der Waals surface area contributed by atoms with E-state index in [4.69, 9.17) is 0 Å². The second-order valence-corrected chi connectivity index (χ2v) is 3.63. The van der Waals surface area contributed by atoms with Crippen LogP contribution in [0.3, 0.4) is 0 Å². The summed E-state index contributed by atoms with van der Waals surface area (Å²) in [6, 6.07) is 0. The Morgan fingerprint density at radius 1 is 1.44 bits per heavy atom. The summed E-state index contributed by atoms with van der Waals surface area (Å²) in [6.07, 6.45) is 4.83. The third-order valence-corrected chi connectivity index (χ3v) is 2.76. The van der Waals surface area contributed by atoms with E-state index in [1.807, 2.05) is 11.8 Å². The number of hydrogen-bond acceptors (Lipinski definition) is 1. The third kappa shape index (κ3) is 3.82. The minimum absolute atomic E-state index is 0.801. The quantitative estimate of drug-likeness (QED) is 0.573. The van der Waals surface area contributed by atoms with Gasteiger partial charge >= 0.3 is 0 Å². The van der Waals surface area contributed by atoms with Gasteiger partial charge in [-0.3, -0.25) is 0 Å². The van der Waals surface area contributed by atoms with Gasteiger partial charge in [0.05, 0.1) is 14.1 Å². The summed E-state index contributed by atoms with van der Waals surface area (Å²) in [4.78, 5) is 1.56. The molecule has 1 N–H and O–H groups in total. The van der Waals surface area contributed by atoms with Gasteiger partial charge in [0.25, 0.3) is 0 Å². The molecule has 1 nitrogen and oxygen atoms in total. The Morgan fingerprint density at radius 3 is 2.11 bits per heavy atom. The smallest absolute Gasteiger partial charge is 0.133 e. The van der Waals surface area contributed by atoms with Gasteiger partial charge in [0.15, 0.2) is 0 Å². The van der Waals surface area contributed by atoms with Crippen molar-refractivity contribution in [1.29, 1.82) is 0 Å². The molecule has 0 saturated heterocycles. The van der Waals surface area contributed by atoms with Gasteiger partial charge in [-0.25, -0.2) is 0 Å². The van der Waals surface area contributed by atoms with Crippen molar-refractivity contribution in [2.75, 3.05) is 20.4 Å². The Labute approximate surface area is 62.8 Å². The fourth-order valence-corrected chi connectivity index (χ4v) is 1.85. The summed E-state index contributed by atoms with van der Waals surface area (Å²) in [5, 5.41) is 0.801. The Hall–Kier alpha value is 0.310. The topological polar surface area (TPSA) is 4.44 Å². The van der Waals surface area contributed by atoms with Gasteiger partial charge in [0, 0.05) is 6.42 Å². The second kappa shape index (κ2) is 5.12. The van der Waals surface area contributed by atoms with Crippen LogP contribution in [0.15, 0.2) is 0 Å². The largest absolute Gasteiger partial charge is 0.329 e. The fraction of sp³-hybridized carbons (Fsp3) is 1.00. The molecule has 1 atom stereocenters. The average Bonchev–Trinajstić information content (AvgIpc) is 1.82. The van der Waals surface area contributed by atoms with E-state index in [1.165, 1.54) is 12.8 Å². The first-order valence-corrected chi connectivity index (χ1v) is 4.84. The van der Waals surface area contributed by atoms with Crippen molar-refractivity contribution in [3.8, 4) is 0 Å². The first kappa shape index (κ1) is 9.31. The van der Waals surface area contributed by atoms with Gasteiger partial charge in [-0.05, 0) is 12.7 Å². The molecule has 56 valence electrons. The standard InChI is InChI=1S/C7H17NS/c1-5-6-7(9-4)8(2)3/h7H,5-6H2,1-4H3/p+1. The number of nitrogens with one attached hydrogen (secondary N) is 1. The highest BCUT2D eigenvalue weighted by atomic mass is 32.2. The first-order chi connectivity index (χ1) is 4.22. The summed E-state index contributed by atoms with van der Waals surface area (Å²) in [7, 11) is 4.44. The van der Waals surface area contributed by atoms with Gasteiger partial charge in [-0.15, -0.1) is 11.8 Å². The van der Waals surface area contributed by atoms with Crippen LogP contribution in [0.4, 0.5) is 0 Å². The number of hydrogen-bond donors (Lipinski definition) is 1. The van der Waals surface area contributed by atoms with Crippen molar-refractivity contribution in [3.05, 3.63) is 0 Å². The molecule has 0 bridgehead atoms. The van der Waals surface area contributed by atoms with Crippen LogP contribution in [0.25, 0.3) is 0 Å². The lowest BCUT2D eigenvalue weighted by Crippen LogP contribution is -3.09. The molecule has 2 heteroatoms. The minimum Gasteiger partial charge on any atom is -0.329 e. The van der Waals surface area contributed by atoms with E-state index in [0.717, 1.165) is 5.37 Å². The van der Waals surface area contributed by atoms with E-state index >= 15 is 0 Å². The van der Waals surface area contributed by atoms with Gasteiger partial charge in [-0.1, -0.05) is 6.92 Å². The van der Waals surface area contributed by atoms with Crippen molar-refractivity contribution < 1.29 is 4.90 Å². The van der Waals surface area contributed by atoms with Crippen LogP contribution in [0.2, 0.25) is 0 Å². The maximum atomic E-state index is 2.24. The molecule has 0 fully saturated rings. The highest BCUT2D eigenvalue weighted by Crippen LogP contribution is 2.04. The molecular formula is C7H18NS+. The first-order valence-electron chi connectivity index (χ1n) is 3.55. The minimum atomic E-state index is 0.801. The van der Waals surface area contributed by atoms with Crippen LogP contribution >= 0.6 is 11.8 Å². The lowest BCUT2D eigenvalue weighted by Gasteiger charge is -2.17. The number of thioether (sulfide) groups is 1. The molecular weight excluding hydrogens is 130 g/mol. The molecule has 0 aliphatic heterocycles. The van der Waals surface area contributed by atoms with E-state index in [9.17, 15) is 0 Å². The van der Waals surface area contributed by atoms with Gasteiger partial charge in [0.1, 0.15) is 5.37 Å². The lowest BCUT2D eigenvalue weighted by atomic mass is 10.3. The summed E-state index contributed by atoms with van der Waals surface area (Å²) in [5.74, 6) is 0. The van der Waals surface area contributed by atoms with E-state index in [0.29, 0.717) is 0 Å². The molecule has 0 aromatic heterocycles. The Balaban J connectivity index is 3.41. The number of rotatable bonds is 4. The average molecular weight is 148 g/mol. The Morgan fingerprint density at radius 2 is 2.00 bits per heavy atom. The third-order valence-electron chi connectivity index (χ3n) is 1.48. The van der Waals surface area contributed by atoms with Crippen LogP contribution in [-0.4, -0.2) is 25.7 Å². The second-order valence-electron chi connectivity index (χ2n) is 2.59. The van der Waals surface area contributed by atoms with Crippen LogP contribution in [0.1, 0.15) is 19.8 Å². The molecule has 0 aliphatic rings. The summed E-state index contributed by atoms with van der Waals surface area (Å²) in [6.45, 7) is 2.24. The normalized spacial score (nSPS) is 14.3. The van der Waals surface area contributed by atoms with Crippen molar-refractivity contribution in [2.45, 2.75) is 25.1 Å². The molecule has 0 amide bonds. The lowest BCUT2D eigenvalue weighted by molar-refractivity contribution is -0.869. The highest BCUT2D eigenvalue weighted by molar-refractivity contribution is 7.99. The van der Waals surface area contributed by atoms with Crippen molar-refractivity contribution in [1.82, 2.24) is 0 Å². The predicted molar refractivity (Wildman–Crippen MR) is 45.0 cm³/mol. The summed E-state index contributed by atoms with van der Waals surface area (Å²) < 4.78 is 0. The zero-order chi connectivity index (χ0) is 7.28. The molecule has 0 spiro atoms. The predicted octanol–water partition coefficient (Wildman–Crippen LogP) is 0.620. The molecule has 0 saturated carbocycles. The molecule has 0 aliphatic carbocycles. The van der Waals surface area contributed by atoms with E-state index in [1.54, 1.807) is 4.90 Å². The number of quaternary nitrogens is 1. The fourth-order valence-electron chi connectivity index (χ4n) is 0.904. The Kier molecular flexibility index (Phi) is 5.30. The molecule has 0 heterocycles. The van der Waals surface area contributed by atoms with Gasteiger partial charge in [0.2, 0.25) is 0 Å². The van der Waals surface area contributed by atoms with Crippen LogP contribution in [-0.2, 0) is 0 Å². The van der Waals surface area contributed by atoms with E-state index in [-0.39, 0.29) is 0 Å². The van der Waals surface area contributed by atoms with Crippen LogP contribution < -0.4 is 4.90 Å². The highest BCUT2D eigenvalue weighted by Gasteiger charge is 2.09. The van der Waals surface area contributed by atoms with Crippen molar-refractivity contribution in [2.24, 2.45) is 0 Å². The van der Waals surface area contributed by atoms with Gasteiger partial charge in [-0.2, -0.15) is 0 Å². The van der Waals surface area contributed by atoms with E-state index in [2.05, 4.69) is 27.3 Å². The molecule has 0 aromatic rings. The molecule has 1 unspecified atom stereocenters. The Bertz CT molecular complexity index is 63.9. The molecule has 0 rings (SSSR count). The maximum absolute atomic E-state index is 2.24. The molecule has 0 radical (unpaired) electrons. The monoisotopic (exact) mass is 148 g/mol. The van der Waals surface area contributed by atoms with Crippen molar-refractivity contribution in [3.63, 3.8) is 0 Å². The maximum Gasteiger partial charge on any atom is 0.133 e. The summed E-state index contributed by atoms with van der Waals surface area (Å²) >= 11 is 1.97. The van der Waals surface area contributed by atoms with Crippen LogP contribution in [0, 0.1) is 0 Å². The zero-order valence-corrected chi connectivity index (χ0v) is 7.72. The van der Waals surface area contributed by atoms with Gasteiger partial charge < -0.3 is 4.90 Å². The molecule has 0 aromatic carbocycles. The molecule has 9 heavy (non-hydrogen) atoms. The van der Waals surface area contributed by atoms with E-state index < -0.39 is 0 Å². The zero-order valence-electron chi connectivity index (χ0n) is 6.90.